The predicted molar refractivity (Wildman–Crippen MR) is 144 cm³/mol. The highest BCUT2D eigenvalue weighted by molar-refractivity contribution is 6.45. The molecule has 0 radical (unpaired) electrons. The van der Waals surface area contributed by atoms with Gasteiger partial charge in [-0.1, -0.05) is 18.2 Å². The van der Waals surface area contributed by atoms with Crippen molar-refractivity contribution in [3.63, 3.8) is 0 Å². The van der Waals surface area contributed by atoms with Gasteiger partial charge in [0.1, 0.15) is 6.10 Å². The summed E-state index contributed by atoms with van der Waals surface area (Å²) in [4.78, 5) is 41.8. The van der Waals surface area contributed by atoms with Crippen LogP contribution >= 0.6 is 0 Å². The number of hydrogen-bond donors (Lipinski definition) is 3. The Kier molecular flexibility index (Phi) is 10.5. The van der Waals surface area contributed by atoms with Crippen LogP contribution < -0.4 is 5.32 Å². The molecule has 0 aromatic carbocycles. The molecule has 3 aromatic rings. The Bertz CT molecular complexity index is 1140. The first-order chi connectivity index (χ1) is 19.0. The number of aromatic nitrogens is 3. The summed E-state index contributed by atoms with van der Waals surface area (Å²) in [6, 6.07) is 17.3. The number of carboxylic acids is 1. The second-order valence-corrected chi connectivity index (χ2v) is 9.49. The lowest BCUT2D eigenvalue weighted by atomic mass is 9.72. The minimum Gasteiger partial charge on any atom is -0.479 e. The van der Waals surface area contributed by atoms with E-state index in [2.05, 4.69) is 25.2 Å². The number of carbonyl (C=O) groups is 2. The summed E-state index contributed by atoms with van der Waals surface area (Å²) in [6.07, 6.45) is 4.72. The third-order valence-electron chi connectivity index (χ3n) is 6.44. The maximum Gasteiger partial charge on any atom is 0.478 e. The molecule has 39 heavy (non-hydrogen) atoms. The summed E-state index contributed by atoms with van der Waals surface area (Å²) < 4.78 is 5.15. The van der Waals surface area contributed by atoms with Crippen LogP contribution in [0, 0.1) is 0 Å². The van der Waals surface area contributed by atoms with E-state index in [4.69, 9.17) is 9.76 Å². The standard InChI is InChI=1S/C27H33BN6O5/c35-26(32-25-11-10-24(27(36)37)39-28(25)38)20-34(19-23-9-3-6-14-31-23)16-15-33(17-21-7-1-4-12-29-21)18-22-8-2-5-13-30-22/h1-9,12-14,24-25,38H,10-11,15-20H2,(H,32,35)(H,36,37)/t24-,25+/m1/s1. The molecule has 1 aliphatic heterocycles. The zero-order chi connectivity index (χ0) is 27.5. The van der Waals surface area contributed by atoms with Crippen molar-refractivity contribution in [1.82, 2.24) is 30.1 Å². The molecule has 0 unspecified atom stereocenters. The molecule has 0 aliphatic carbocycles. The van der Waals surface area contributed by atoms with E-state index in [1.54, 1.807) is 18.6 Å². The van der Waals surface area contributed by atoms with Crippen molar-refractivity contribution in [1.29, 1.82) is 0 Å². The van der Waals surface area contributed by atoms with E-state index in [1.165, 1.54) is 0 Å². The fourth-order valence-electron chi connectivity index (χ4n) is 4.46. The second-order valence-electron chi connectivity index (χ2n) is 9.49. The topological polar surface area (TPSA) is 141 Å². The second kappa shape index (κ2) is 14.4. The molecule has 1 aliphatic rings. The first-order valence-electron chi connectivity index (χ1n) is 13.0. The number of rotatable bonds is 13. The van der Waals surface area contributed by atoms with E-state index in [0.29, 0.717) is 39.1 Å². The Morgan fingerprint density at radius 2 is 1.36 bits per heavy atom. The van der Waals surface area contributed by atoms with Gasteiger partial charge in [0.2, 0.25) is 5.91 Å². The predicted octanol–water partition coefficient (Wildman–Crippen LogP) is 1.14. The van der Waals surface area contributed by atoms with Gasteiger partial charge in [0.15, 0.2) is 0 Å². The molecule has 12 heteroatoms. The molecule has 3 aromatic heterocycles. The highest BCUT2D eigenvalue weighted by Gasteiger charge is 2.38. The van der Waals surface area contributed by atoms with Gasteiger partial charge in [-0.15, -0.1) is 0 Å². The Hall–Kier alpha value is -3.71. The fourth-order valence-corrected chi connectivity index (χ4v) is 4.46. The van der Waals surface area contributed by atoms with Crippen LogP contribution in [0.5, 0.6) is 0 Å². The van der Waals surface area contributed by atoms with Crippen LogP contribution in [0.3, 0.4) is 0 Å². The molecule has 0 bridgehead atoms. The fraction of sp³-hybridized carbons (Fsp3) is 0.370. The number of hydrogen-bond acceptors (Lipinski definition) is 9. The lowest BCUT2D eigenvalue weighted by Crippen LogP contribution is -2.55. The summed E-state index contributed by atoms with van der Waals surface area (Å²) >= 11 is 0. The minimum atomic E-state index is -1.37. The number of amides is 1. The number of nitrogens with one attached hydrogen (secondary N) is 1. The van der Waals surface area contributed by atoms with Gasteiger partial charge in [-0.05, 0) is 49.2 Å². The smallest absolute Gasteiger partial charge is 0.478 e. The third-order valence-corrected chi connectivity index (χ3v) is 6.44. The SMILES string of the molecule is O=C(CN(CCN(Cc1ccccn1)Cc1ccccn1)Cc1ccccn1)N[C@H]1CC[C@H](C(=O)O)OB1O. The largest absolute Gasteiger partial charge is 0.479 e. The van der Waals surface area contributed by atoms with Crippen LogP contribution in [0.1, 0.15) is 29.9 Å². The summed E-state index contributed by atoms with van der Waals surface area (Å²) in [5, 5.41) is 22.2. The highest BCUT2D eigenvalue weighted by atomic mass is 16.5. The van der Waals surface area contributed by atoms with Crippen molar-refractivity contribution in [2.24, 2.45) is 0 Å². The Morgan fingerprint density at radius 3 is 1.82 bits per heavy atom. The van der Waals surface area contributed by atoms with E-state index in [9.17, 15) is 14.6 Å². The maximum atomic E-state index is 13.0. The molecule has 1 fully saturated rings. The van der Waals surface area contributed by atoms with Crippen LogP contribution in [0.15, 0.2) is 73.2 Å². The molecule has 11 nitrogen and oxygen atoms in total. The van der Waals surface area contributed by atoms with Gasteiger partial charge in [0, 0.05) is 51.3 Å². The maximum absolute atomic E-state index is 13.0. The summed E-state index contributed by atoms with van der Waals surface area (Å²) in [5.74, 6) is -2.08. The average molecular weight is 532 g/mol. The number of pyridine rings is 3. The number of nitrogens with zero attached hydrogens (tertiary/aromatic N) is 5. The van der Waals surface area contributed by atoms with E-state index in [0.717, 1.165) is 17.1 Å². The number of aliphatic carboxylic acids is 1. The molecule has 0 spiro atoms. The Balaban J connectivity index is 1.41. The highest BCUT2D eigenvalue weighted by Crippen LogP contribution is 2.16. The van der Waals surface area contributed by atoms with Crippen molar-refractivity contribution in [3.8, 4) is 0 Å². The Labute approximate surface area is 228 Å². The van der Waals surface area contributed by atoms with Crippen LogP contribution in [0.4, 0.5) is 0 Å². The summed E-state index contributed by atoms with van der Waals surface area (Å²) in [5.41, 5.74) is 2.71. The van der Waals surface area contributed by atoms with Gasteiger partial charge >= 0.3 is 13.1 Å². The van der Waals surface area contributed by atoms with Gasteiger partial charge in [0.05, 0.1) is 29.6 Å². The van der Waals surface area contributed by atoms with Crippen LogP contribution in [-0.2, 0) is 33.9 Å². The average Bonchev–Trinajstić information content (AvgIpc) is 2.94. The first kappa shape index (κ1) is 28.3. The molecule has 2 atom stereocenters. The van der Waals surface area contributed by atoms with Gasteiger partial charge in [0.25, 0.3) is 0 Å². The third kappa shape index (κ3) is 9.22. The van der Waals surface area contributed by atoms with Crippen molar-refractivity contribution in [3.05, 3.63) is 90.3 Å². The van der Waals surface area contributed by atoms with Gasteiger partial charge in [-0.2, -0.15) is 0 Å². The van der Waals surface area contributed by atoms with Crippen LogP contribution in [0.25, 0.3) is 0 Å². The van der Waals surface area contributed by atoms with Crippen molar-refractivity contribution in [2.75, 3.05) is 19.6 Å². The van der Waals surface area contributed by atoms with Crippen molar-refractivity contribution < 1.29 is 24.4 Å². The molecule has 0 saturated carbocycles. The first-order valence-corrected chi connectivity index (χ1v) is 13.0. The lowest BCUT2D eigenvalue weighted by Gasteiger charge is -2.31. The zero-order valence-electron chi connectivity index (χ0n) is 21.7. The molecule has 4 rings (SSSR count). The number of carbonyl (C=O) groups excluding carboxylic acids is 1. The van der Waals surface area contributed by atoms with Gasteiger partial charge in [-0.3, -0.25) is 29.5 Å². The van der Waals surface area contributed by atoms with Crippen molar-refractivity contribution >= 4 is 19.0 Å². The minimum absolute atomic E-state index is 0.0726. The number of carboxylic acid groups (broad SMARTS) is 1. The monoisotopic (exact) mass is 532 g/mol. The molecular formula is C27H33BN6O5. The molecule has 204 valence electrons. The lowest BCUT2D eigenvalue weighted by molar-refractivity contribution is -0.147. The Morgan fingerprint density at radius 1 is 0.846 bits per heavy atom. The molecule has 1 saturated heterocycles. The molecule has 1 amide bonds. The molecular weight excluding hydrogens is 499 g/mol. The van der Waals surface area contributed by atoms with E-state index >= 15 is 0 Å². The van der Waals surface area contributed by atoms with E-state index < -0.39 is 25.1 Å². The van der Waals surface area contributed by atoms with Gasteiger partial charge < -0.3 is 20.1 Å². The van der Waals surface area contributed by atoms with Gasteiger partial charge in [-0.25, -0.2) is 4.79 Å². The normalized spacial score (nSPS) is 17.4. The van der Waals surface area contributed by atoms with Crippen LogP contribution in [-0.4, -0.2) is 85.6 Å². The van der Waals surface area contributed by atoms with E-state index in [1.807, 2.05) is 59.5 Å². The van der Waals surface area contributed by atoms with Crippen LogP contribution in [0.2, 0.25) is 0 Å². The van der Waals surface area contributed by atoms with Crippen molar-refractivity contribution in [2.45, 2.75) is 44.5 Å². The molecule has 3 N–H and O–H groups in total. The summed E-state index contributed by atoms with van der Waals surface area (Å²) in [6.45, 7) is 2.98. The quantitative estimate of drug-likeness (QED) is 0.275. The zero-order valence-corrected chi connectivity index (χ0v) is 21.7. The molecule has 4 heterocycles. The summed E-state index contributed by atoms with van der Waals surface area (Å²) in [7, 11) is -1.37. The van der Waals surface area contributed by atoms with E-state index in [-0.39, 0.29) is 18.9 Å².